The maximum absolute atomic E-state index is 12.4. The molecule has 1 heterocycles. The quantitative estimate of drug-likeness (QED) is 0.876. The van der Waals surface area contributed by atoms with Gasteiger partial charge in [0.1, 0.15) is 0 Å². The van der Waals surface area contributed by atoms with E-state index in [1.54, 1.807) is 11.3 Å². The summed E-state index contributed by atoms with van der Waals surface area (Å²) in [6, 6.07) is 6.20. The molecule has 6 heteroatoms. The van der Waals surface area contributed by atoms with Crippen LogP contribution in [0.3, 0.4) is 0 Å². The van der Waals surface area contributed by atoms with E-state index in [0.717, 1.165) is 36.9 Å². The Balaban J connectivity index is 0.00000156. The van der Waals surface area contributed by atoms with Crippen molar-refractivity contribution in [3.05, 3.63) is 23.2 Å². The van der Waals surface area contributed by atoms with Crippen LogP contribution in [0.1, 0.15) is 49.5 Å². The van der Waals surface area contributed by atoms with Crippen molar-refractivity contribution in [1.82, 2.24) is 4.98 Å². The average molecular weight is 352 g/mol. The van der Waals surface area contributed by atoms with E-state index in [2.05, 4.69) is 16.4 Å². The summed E-state index contributed by atoms with van der Waals surface area (Å²) in [4.78, 5) is 17.1. The normalized spacial score (nSPS) is 24.2. The Kier molecular flexibility index (Phi) is 4.90. The minimum absolute atomic E-state index is 0. The van der Waals surface area contributed by atoms with Crippen molar-refractivity contribution in [2.75, 3.05) is 5.32 Å². The number of hydrogen-bond acceptors (Lipinski definition) is 4. The topological polar surface area (TPSA) is 68.0 Å². The standard InChI is InChI=1S/C17H21N3OS.ClH/c18-12-3-1-2-11(8-12)16(21)19-13-6-7-14-15(9-13)22-17(20-14)10-4-5-10;/h6-7,9-12H,1-5,8,18H2,(H,19,21);1H. The van der Waals surface area contributed by atoms with Crippen molar-refractivity contribution in [2.45, 2.75) is 50.5 Å². The fourth-order valence-corrected chi connectivity index (χ4v) is 4.41. The number of carbonyl (C=O) groups excluding carboxylic acids is 1. The van der Waals surface area contributed by atoms with Crippen LogP contribution < -0.4 is 11.1 Å². The van der Waals surface area contributed by atoms with E-state index in [1.807, 2.05) is 12.1 Å². The van der Waals surface area contributed by atoms with Crippen molar-refractivity contribution < 1.29 is 4.79 Å². The van der Waals surface area contributed by atoms with Gasteiger partial charge in [0.2, 0.25) is 5.91 Å². The molecule has 3 N–H and O–H groups in total. The Morgan fingerprint density at radius 3 is 2.83 bits per heavy atom. The Bertz CT molecular complexity index is 713. The average Bonchev–Trinajstić information content (AvgIpc) is 3.27. The number of nitrogens with two attached hydrogens (primary N) is 1. The van der Waals surface area contributed by atoms with Gasteiger partial charge in [-0.2, -0.15) is 0 Å². The number of aromatic nitrogens is 1. The van der Waals surface area contributed by atoms with Crippen LogP contribution in [0.4, 0.5) is 5.69 Å². The molecule has 1 amide bonds. The first kappa shape index (κ1) is 16.7. The Morgan fingerprint density at radius 2 is 2.09 bits per heavy atom. The zero-order valence-electron chi connectivity index (χ0n) is 13.0. The Hall–Kier alpha value is -1.17. The van der Waals surface area contributed by atoms with E-state index in [-0.39, 0.29) is 30.3 Å². The highest BCUT2D eigenvalue weighted by Crippen LogP contribution is 2.43. The minimum Gasteiger partial charge on any atom is -0.328 e. The van der Waals surface area contributed by atoms with Crippen molar-refractivity contribution in [1.29, 1.82) is 0 Å². The maximum Gasteiger partial charge on any atom is 0.227 e. The SMILES string of the molecule is Cl.NC1CCCC(C(=O)Nc2ccc3nc(C4CC4)sc3c2)C1. The lowest BCUT2D eigenvalue weighted by atomic mass is 9.85. The van der Waals surface area contributed by atoms with E-state index in [9.17, 15) is 4.79 Å². The van der Waals surface area contributed by atoms with Crippen LogP contribution in [-0.2, 0) is 4.79 Å². The van der Waals surface area contributed by atoms with Gasteiger partial charge in [-0.05, 0) is 50.3 Å². The number of fused-ring (bicyclic) bond motifs is 1. The third kappa shape index (κ3) is 3.67. The Labute approximate surface area is 146 Å². The van der Waals surface area contributed by atoms with Crippen molar-refractivity contribution >= 4 is 45.6 Å². The number of hydrogen-bond donors (Lipinski definition) is 2. The molecule has 124 valence electrons. The van der Waals surface area contributed by atoms with Gasteiger partial charge in [0.25, 0.3) is 0 Å². The molecule has 2 aliphatic rings. The molecule has 2 aliphatic carbocycles. The maximum atomic E-state index is 12.4. The smallest absolute Gasteiger partial charge is 0.227 e. The molecule has 2 unspecified atom stereocenters. The minimum atomic E-state index is 0. The Morgan fingerprint density at radius 1 is 1.26 bits per heavy atom. The molecule has 0 radical (unpaired) electrons. The predicted molar refractivity (Wildman–Crippen MR) is 97.4 cm³/mol. The number of nitrogens with zero attached hydrogens (tertiary/aromatic N) is 1. The fraction of sp³-hybridized carbons (Fsp3) is 0.529. The molecule has 4 rings (SSSR count). The first-order valence-corrected chi connectivity index (χ1v) is 8.97. The van der Waals surface area contributed by atoms with Gasteiger partial charge in [-0.3, -0.25) is 4.79 Å². The van der Waals surface area contributed by atoms with Gasteiger partial charge in [-0.1, -0.05) is 6.42 Å². The zero-order chi connectivity index (χ0) is 15.1. The lowest BCUT2D eigenvalue weighted by Crippen LogP contribution is -2.34. The van der Waals surface area contributed by atoms with Crippen LogP contribution in [0.2, 0.25) is 0 Å². The number of halogens is 1. The molecule has 2 saturated carbocycles. The van der Waals surface area contributed by atoms with E-state index >= 15 is 0 Å². The number of carbonyl (C=O) groups is 1. The summed E-state index contributed by atoms with van der Waals surface area (Å²) in [5.74, 6) is 0.850. The van der Waals surface area contributed by atoms with Crippen LogP contribution in [0.25, 0.3) is 10.2 Å². The van der Waals surface area contributed by atoms with Crippen LogP contribution in [-0.4, -0.2) is 16.9 Å². The second-order valence-electron chi connectivity index (χ2n) is 6.62. The summed E-state index contributed by atoms with van der Waals surface area (Å²) in [5.41, 5.74) is 7.90. The van der Waals surface area contributed by atoms with Crippen LogP contribution in [0.15, 0.2) is 18.2 Å². The van der Waals surface area contributed by atoms with E-state index in [0.29, 0.717) is 5.92 Å². The summed E-state index contributed by atoms with van der Waals surface area (Å²) >= 11 is 1.76. The van der Waals surface area contributed by atoms with Crippen LogP contribution in [0, 0.1) is 5.92 Å². The number of rotatable bonds is 3. The van der Waals surface area contributed by atoms with Crippen molar-refractivity contribution in [3.8, 4) is 0 Å². The molecule has 23 heavy (non-hydrogen) atoms. The monoisotopic (exact) mass is 351 g/mol. The molecule has 0 spiro atoms. The lowest BCUT2D eigenvalue weighted by molar-refractivity contribution is -0.120. The highest BCUT2D eigenvalue weighted by Gasteiger charge is 2.27. The van der Waals surface area contributed by atoms with Crippen molar-refractivity contribution in [3.63, 3.8) is 0 Å². The molecule has 2 fully saturated rings. The fourth-order valence-electron chi connectivity index (χ4n) is 3.24. The predicted octanol–water partition coefficient (Wildman–Crippen LogP) is 4.05. The van der Waals surface area contributed by atoms with E-state index in [4.69, 9.17) is 5.73 Å². The molecule has 1 aromatic heterocycles. The first-order valence-electron chi connectivity index (χ1n) is 8.16. The lowest BCUT2D eigenvalue weighted by Gasteiger charge is -2.25. The van der Waals surface area contributed by atoms with Crippen molar-refractivity contribution in [2.24, 2.45) is 11.7 Å². The summed E-state index contributed by atoms with van der Waals surface area (Å²) in [7, 11) is 0. The third-order valence-corrected chi connectivity index (χ3v) is 5.87. The molecule has 0 aliphatic heterocycles. The molecule has 4 nitrogen and oxygen atoms in total. The van der Waals surface area contributed by atoms with Gasteiger partial charge in [-0.25, -0.2) is 4.98 Å². The summed E-state index contributed by atoms with van der Waals surface area (Å²) in [5, 5.41) is 4.31. The summed E-state index contributed by atoms with van der Waals surface area (Å²) in [6.07, 6.45) is 6.39. The number of amides is 1. The molecule has 2 aromatic rings. The molecule has 2 atom stereocenters. The molecule has 0 bridgehead atoms. The first-order chi connectivity index (χ1) is 10.7. The van der Waals surface area contributed by atoms with Gasteiger partial charge in [0.15, 0.2) is 0 Å². The second kappa shape index (κ2) is 6.75. The van der Waals surface area contributed by atoms with Gasteiger partial charge in [0.05, 0.1) is 15.2 Å². The molecule has 0 saturated heterocycles. The molecular weight excluding hydrogens is 330 g/mol. The van der Waals surface area contributed by atoms with Crippen LogP contribution >= 0.6 is 23.7 Å². The highest BCUT2D eigenvalue weighted by molar-refractivity contribution is 7.18. The van der Waals surface area contributed by atoms with Gasteiger partial charge < -0.3 is 11.1 Å². The van der Waals surface area contributed by atoms with Gasteiger partial charge >= 0.3 is 0 Å². The number of benzene rings is 1. The zero-order valence-corrected chi connectivity index (χ0v) is 14.6. The van der Waals surface area contributed by atoms with Gasteiger partial charge in [0, 0.05) is 23.6 Å². The second-order valence-corrected chi connectivity index (χ2v) is 7.68. The third-order valence-electron chi connectivity index (χ3n) is 4.68. The number of anilines is 1. The van der Waals surface area contributed by atoms with E-state index < -0.39 is 0 Å². The van der Waals surface area contributed by atoms with E-state index in [1.165, 1.54) is 22.5 Å². The summed E-state index contributed by atoms with van der Waals surface area (Å²) < 4.78 is 1.17. The molecule has 1 aromatic carbocycles. The van der Waals surface area contributed by atoms with Gasteiger partial charge in [-0.15, -0.1) is 23.7 Å². The highest BCUT2D eigenvalue weighted by atomic mass is 35.5. The number of nitrogens with one attached hydrogen (secondary N) is 1. The molecular formula is C17H22ClN3OS. The number of thiazole rings is 1. The largest absolute Gasteiger partial charge is 0.328 e. The van der Waals surface area contributed by atoms with Crippen LogP contribution in [0.5, 0.6) is 0 Å². The summed E-state index contributed by atoms with van der Waals surface area (Å²) in [6.45, 7) is 0.